The van der Waals surface area contributed by atoms with Gasteiger partial charge in [0, 0.05) is 0 Å². The van der Waals surface area contributed by atoms with Crippen molar-refractivity contribution in [2.45, 2.75) is 33.6 Å². The largest absolute Gasteiger partial charge is 0.454 e. The molecule has 0 bridgehead atoms. The predicted molar refractivity (Wildman–Crippen MR) is 67.8 cm³/mol. The fraction of sp³-hybridized carbons (Fsp3) is 0.545. The Morgan fingerprint density at radius 3 is 2.43 bits per heavy atom. The molecule has 0 aliphatic carbocycles. The highest BCUT2D eigenvalue weighted by Gasteiger charge is 1.92. The third-order valence-corrected chi connectivity index (χ3v) is 2.03. The Morgan fingerprint density at radius 2 is 1.93 bits per heavy atom. The Bertz CT molecular complexity index is 238. The third kappa shape index (κ3) is 9.77. The summed E-state index contributed by atoms with van der Waals surface area (Å²) in [5.41, 5.74) is 2.61. The zero-order valence-corrected chi connectivity index (χ0v) is 11.1. The standard InChI is InChI=1S/C11H17IO2/c1-9(2)5-4-6-10(3)7-8-14-11(12)13/h5,7H,4,6,8H2,1-3H3/b10-7+. The molecule has 0 aliphatic heterocycles. The van der Waals surface area contributed by atoms with Gasteiger partial charge < -0.3 is 4.74 Å². The maximum Gasteiger partial charge on any atom is 0.367 e. The van der Waals surface area contributed by atoms with Gasteiger partial charge in [-0.2, -0.15) is 0 Å². The average Bonchev–Trinajstić information content (AvgIpc) is 2.02. The van der Waals surface area contributed by atoms with Gasteiger partial charge in [0.15, 0.2) is 0 Å². The third-order valence-electron chi connectivity index (χ3n) is 1.72. The fourth-order valence-corrected chi connectivity index (χ4v) is 1.12. The summed E-state index contributed by atoms with van der Waals surface area (Å²) < 4.78 is 4.54. The summed E-state index contributed by atoms with van der Waals surface area (Å²) in [7, 11) is 0. The minimum absolute atomic E-state index is 0.254. The SMILES string of the molecule is CC(C)=CCC/C(C)=C/COC(=O)I. The van der Waals surface area contributed by atoms with Crippen LogP contribution in [-0.2, 0) is 4.74 Å². The molecule has 80 valence electrons. The van der Waals surface area contributed by atoms with Crippen molar-refractivity contribution in [3.05, 3.63) is 23.3 Å². The normalized spacial score (nSPS) is 11.0. The van der Waals surface area contributed by atoms with Gasteiger partial charge in [0.25, 0.3) is 0 Å². The number of hydrogen-bond acceptors (Lipinski definition) is 2. The van der Waals surface area contributed by atoms with E-state index in [1.807, 2.05) is 6.08 Å². The van der Waals surface area contributed by atoms with E-state index in [4.69, 9.17) is 4.74 Å². The van der Waals surface area contributed by atoms with Gasteiger partial charge in [-0.3, -0.25) is 0 Å². The number of carbonyl (C=O) groups excluding carboxylic acids is 1. The number of carbonyl (C=O) groups is 1. The highest BCUT2D eigenvalue weighted by molar-refractivity contribution is 14.1. The predicted octanol–water partition coefficient (Wildman–Crippen LogP) is 4.25. The molecule has 2 nitrogen and oxygen atoms in total. The molecule has 0 unspecified atom stereocenters. The van der Waals surface area contributed by atoms with Crippen LogP contribution >= 0.6 is 22.6 Å². The molecular formula is C11H17IO2. The summed E-state index contributed by atoms with van der Waals surface area (Å²) in [5, 5.41) is 0. The van der Waals surface area contributed by atoms with Gasteiger partial charge in [-0.05, 0) is 39.7 Å². The molecule has 0 N–H and O–H groups in total. The second-order valence-electron chi connectivity index (χ2n) is 3.42. The zero-order chi connectivity index (χ0) is 11.0. The van der Waals surface area contributed by atoms with Crippen LogP contribution in [0.2, 0.25) is 0 Å². The molecule has 0 atom stereocenters. The summed E-state index contributed by atoms with van der Waals surface area (Å²) in [6, 6.07) is 0. The number of allylic oxidation sites excluding steroid dienone is 3. The molecule has 0 rings (SSSR count). The van der Waals surface area contributed by atoms with Crippen molar-refractivity contribution >= 4 is 26.6 Å². The first kappa shape index (κ1) is 13.7. The summed E-state index contributed by atoms with van der Waals surface area (Å²) in [5.74, 6) is 0. The molecule has 14 heavy (non-hydrogen) atoms. The van der Waals surface area contributed by atoms with Crippen molar-refractivity contribution in [2.75, 3.05) is 6.61 Å². The first-order valence-corrected chi connectivity index (χ1v) is 5.71. The van der Waals surface area contributed by atoms with Gasteiger partial charge in [-0.15, -0.1) is 0 Å². The molecule has 0 aliphatic rings. The van der Waals surface area contributed by atoms with E-state index in [1.165, 1.54) is 11.1 Å². The van der Waals surface area contributed by atoms with Gasteiger partial charge in [-0.1, -0.05) is 17.2 Å². The molecule has 0 heterocycles. The van der Waals surface area contributed by atoms with Crippen LogP contribution in [0, 0.1) is 0 Å². The van der Waals surface area contributed by atoms with Crippen LogP contribution in [-0.4, -0.2) is 10.6 Å². The van der Waals surface area contributed by atoms with Crippen LogP contribution in [0.15, 0.2) is 23.3 Å². The average molecular weight is 308 g/mol. The molecule has 0 aromatic rings. The lowest BCUT2D eigenvalue weighted by molar-refractivity contribution is 0.191. The Morgan fingerprint density at radius 1 is 1.29 bits per heavy atom. The van der Waals surface area contributed by atoms with E-state index >= 15 is 0 Å². The minimum atomic E-state index is -0.254. The lowest BCUT2D eigenvalue weighted by Gasteiger charge is -1.99. The van der Waals surface area contributed by atoms with E-state index in [2.05, 4.69) is 26.8 Å². The Kier molecular flexibility index (Phi) is 7.84. The van der Waals surface area contributed by atoms with Crippen LogP contribution in [0.5, 0.6) is 0 Å². The molecule has 0 amide bonds. The molecule has 0 aromatic carbocycles. The minimum Gasteiger partial charge on any atom is -0.454 e. The van der Waals surface area contributed by atoms with Crippen molar-refractivity contribution in [3.63, 3.8) is 0 Å². The van der Waals surface area contributed by atoms with Crippen molar-refractivity contribution < 1.29 is 9.53 Å². The highest BCUT2D eigenvalue weighted by Crippen LogP contribution is 2.06. The van der Waals surface area contributed by atoms with Crippen LogP contribution in [0.25, 0.3) is 0 Å². The summed E-state index contributed by atoms with van der Waals surface area (Å²) in [4.78, 5) is 10.5. The highest BCUT2D eigenvalue weighted by atomic mass is 127. The molecule has 0 spiro atoms. The maximum absolute atomic E-state index is 10.5. The number of rotatable bonds is 5. The second kappa shape index (κ2) is 8.03. The topological polar surface area (TPSA) is 26.3 Å². The van der Waals surface area contributed by atoms with Gasteiger partial charge in [0.05, 0.1) is 22.6 Å². The molecule has 0 aromatic heterocycles. The van der Waals surface area contributed by atoms with Gasteiger partial charge >= 0.3 is 3.98 Å². The molecule has 0 saturated carbocycles. The molecule has 3 heteroatoms. The van der Waals surface area contributed by atoms with E-state index in [1.54, 1.807) is 22.6 Å². The number of ether oxygens (including phenoxy) is 1. The van der Waals surface area contributed by atoms with Crippen molar-refractivity contribution in [1.29, 1.82) is 0 Å². The first-order chi connectivity index (χ1) is 6.52. The first-order valence-electron chi connectivity index (χ1n) is 4.63. The van der Waals surface area contributed by atoms with Gasteiger partial charge in [0.1, 0.15) is 6.61 Å². The van der Waals surface area contributed by atoms with E-state index < -0.39 is 0 Å². The Balaban J connectivity index is 3.67. The van der Waals surface area contributed by atoms with E-state index in [0.29, 0.717) is 6.61 Å². The Hall–Kier alpha value is -0.320. The zero-order valence-electron chi connectivity index (χ0n) is 8.97. The number of hydrogen-bond donors (Lipinski definition) is 0. The van der Waals surface area contributed by atoms with Crippen molar-refractivity contribution in [1.82, 2.24) is 0 Å². The molecule has 0 saturated heterocycles. The second-order valence-corrected chi connectivity index (χ2v) is 4.30. The summed E-state index contributed by atoms with van der Waals surface area (Å²) in [6.07, 6.45) is 6.25. The Labute approximate surface area is 99.5 Å². The van der Waals surface area contributed by atoms with Crippen LogP contribution in [0.4, 0.5) is 4.79 Å². The summed E-state index contributed by atoms with van der Waals surface area (Å²) >= 11 is 1.63. The lowest BCUT2D eigenvalue weighted by atomic mass is 10.1. The lowest BCUT2D eigenvalue weighted by Crippen LogP contribution is -1.93. The van der Waals surface area contributed by atoms with Crippen molar-refractivity contribution in [3.8, 4) is 0 Å². The van der Waals surface area contributed by atoms with Gasteiger partial charge in [-0.25, -0.2) is 4.79 Å². The van der Waals surface area contributed by atoms with Crippen LogP contribution in [0.1, 0.15) is 33.6 Å². The van der Waals surface area contributed by atoms with E-state index in [0.717, 1.165) is 12.8 Å². The molecule has 0 radical (unpaired) electrons. The quantitative estimate of drug-likeness (QED) is 0.431. The molecular weight excluding hydrogens is 291 g/mol. The van der Waals surface area contributed by atoms with Gasteiger partial charge in [0.2, 0.25) is 0 Å². The fourth-order valence-electron chi connectivity index (χ4n) is 0.940. The van der Waals surface area contributed by atoms with Crippen molar-refractivity contribution in [2.24, 2.45) is 0 Å². The van der Waals surface area contributed by atoms with E-state index in [-0.39, 0.29) is 3.98 Å². The number of halogens is 1. The maximum atomic E-state index is 10.5. The monoisotopic (exact) mass is 308 g/mol. The van der Waals surface area contributed by atoms with Crippen LogP contribution < -0.4 is 0 Å². The van der Waals surface area contributed by atoms with E-state index in [9.17, 15) is 4.79 Å². The molecule has 0 fully saturated rings. The summed E-state index contributed by atoms with van der Waals surface area (Å²) in [6.45, 7) is 6.64. The van der Waals surface area contributed by atoms with Crippen LogP contribution in [0.3, 0.4) is 0 Å². The smallest absolute Gasteiger partial charge is 0.367 e.